The van der Waals surface area contributed by atoms with Crippen molar-refractivity contribution in [3.05, 3.63) is 0 Å². The fourth-order valence-corrected chi connectivity index (χ4v) is 3.33. The SMILES string of the molecule is CC(C)C(C(=O)O)S(=O)(=O)CC(=O)NC(C)(C)C. The molecular weight excluding hydrogens is 258 g/mol. The standard InChI is InChI=1S/C11H21NO5S/c1-7(2)9(10(14)15)18(16,17)6-8(13)12-11(3,4)5/h7,9H,6H2,1-5H3,(H,12,13)(H,14,15). The Morgan fingerprint density at radius 1 is 1.22 bits per heavy atom. The molecule has 1 atom stereocenters. The third-order valence-corrected chi connectivity index (χ3v) is 4.27. The van der Waals surface area contributed by atoms with Crippen LogP contribution < -0.4 is 5.32 Å². The number of hydrogen-bond donors (Lipinski definition) is 2. The lowest BCUT2D eigenvalue weighted by atomic mass is 10.1. The van der Waals surface area contributed by atoms with E-state index in [-0.39, 0.29) is 0 Å². The monoisotopic (exact) mass is 279 g/mol. The first-order valence-electron chi connectivity index (χ1n) is 5.62. The lowest BCUT2D eigenvalue weighted by Crippen LogP contribution is -2.46. The number of hydrogen-bond acceptors (Lipinski definition) is 4. The van der Waals surface area contributed by atoms with Crippen LogP contribution in [0, 0.1) is 5.92 Å². The first-order valence-corrected chi connectivity index (χ1v) is 7.34. The highest BCUT2D eigenvalue weighted by molar-refractivity contribution is 7.93. The van der Waals surface area contributed by atoms with E-state index in [1.807, 2.05) is 0 Å². The van der Waals surface area contributed by atoms with Gasteiger partial charge in [-0.15, -0.1) is 0 Å². The summed E-state index contributed by atoms with van der Waals surface area (Å²) in [7, 11) is -4.00. The highest BCUT2D eigenvalue weighted by atomic mass is 32.2. The van der Waals surface area contributed by atoms with Crippen LogP contribution in [0.15, 0.2) is 0 Å². The van der Waals surface area contributed by atoms with E-state index in [2.05, 4.69) is 5.32 Å². The Morgan fingerprint density at radius 3 is 1.94 bits per heavy atom. The van der Waals surface area contributed by atoms with Crippen LogP contribution in [0.4, 0.5) is 0 Å². The van der Waals surface area contributed by atoms with Gasteiger partial charge in [-0.25, -0.2) is 8.42 Å². The fraction of sp³-hybridized carbons (Fsp3) is 0.818. The molecule has 0 aromatic rings. The molecule has 0 saturated carbocycles. The minimum absolute atomic E-state index is 0.552. The molecule has 2 N–H and O–H groups in total. The normalized spacial score (nSPS) is 14.3. The quantitative estimate of drug-likeness (QED) is 0.760. The zero-order chi connectivity index (χ0) is 14.7. The zero-order valence-electron chi connectivity index (χ0n) is 11.4. The molecule has 0 aliphatic rings. The van der Waals surface area contributed by atoms with Gasteiger partial charge in [0.25, 0.3) is 0 Å². The van der Waals surface area contributed by atoms with E-state index in [9.17, 15) is 18.0 Å². The number of carboxylic acids is 1. The smallest absolute Gasteiger partial charge is 0.322 e. The van der Waals surface area contributed by atoms with Crippen molar-refractivity contribution >= 4 is 21.7 Å². The molecule has 1 unspecified atom stereocenters. The number of carboxylic acid groups (broad SMARTS) is 1. The summed E-state index contributed by atoms with van der Waals surface area (Å²) >= 11 is 0. The van der Waals surface area contributed by atoms with E-state index in [4.69, 9.17) is 5.11 Å². The summed E-state index contributed by atoms with van der Waals surface area (Å²) in [6.07, 6.45) is 0. The number of amides is 1. The Kier molecular flexibility index (Phi) is 5.34. The first kappa shape index (κ1) is 16.9. The van der Waals surface area contributed by atoms with E-state index in [1.54, 1.807) is 20.8 Å². The van der Waals surface area contributed by atoms with Crippen molar-refractivity contribution < 1.29 is 23.1 Å². The van der Waals surface area contributed by atoms with Crippen LogP contribution in [-0.2, 0) is 19.4 Å². The lowest BCUT2D eigenvalue weighted by Gasteiger charge is -2.22. The molecule has 0 rings (SSSR count). The Labute approximate surface area is 108 Å². The van der Waals surface area contributed by atoms with Crippen molar-refractivity contribution in [1.82, 2.24) is 5.32 Å². The van der Waals surface area contributed by atoms with Crippen LogP contribution in [0.5, 0.6) is 0 Å². The van der Waals surface area contributed by atoms with Crippen LogP contribution in [0.1, 0.15) is 34.6 Å². The summed E-state index contributed by atoms with van der Waals surface area (Å²) in [6, 6.07) is 0. The zero-order valence-corrected chi connectivity index (χ0v) is 12.2. The van der Waals surface area contributed by atoms with Crippen LogP contribution in [0.25, 0.3) is 0 Å². The molecule has 106 valence electrons. The van der Waals surface area contributed by atoms with Gasteiger partial charge in [0, 0.05) is 5.54 Å². The predicted octanol–water partition coefficient (Wildman–Crippen LogP) is 0.425. The van der Waals surface area contributed by atoms with E-state index < -0.39 is 44.2 Å². The second kappa shape index (κ2) is 5.69. The van der Waals surface area contributed by atoms with Gasteiger partial charge in [0.1, 0.15) is 5.75 Å². The molecule has 0 fully saturated rings. The van der Waals surface area contributed by atoms with Crippen LogP contribution in [0.3, 0.4) is 0 Å². The summed E-state index contributed by atoms with van der Waals surface area (Å²) in [5.74, 6) is -3.50. The number of nitrogens with one attached hydrogen (secondary N) is 1. The Morgan fingerprint density at radius 2 is 1.67 bits per heavy atom. The molecule has 0 aliphatic carbocycles. The van der Waals surface area contributed by atoms with Gasteiger partial charge in [0.15, 0.2) is 15.1 Å². The topological polar surface area (TPSA) is 101 Å². The molecule has 0 aromatic carbocycles. The molecule has 0 spiro atoms. The van der Waals surface area contributed by atoms with Crippen molar-refractivity contribution in [2.75, 3.05) is 5.75 Å². The van der Waals surface area contributed by atoms with Crippen LogP contribution in [0.2, 0.25) is 0 Å². The van der Waals surface area contributed by atoms with Crippen molar-refractivity contribution in [2.24, 2.45) is 5.92 Å². The lowest BCUT2D eigenvalue weighted by molar-refractivity contribution is -0.137. The van der Waals surface area contributed by atoms with Crippen molar-refractivity contribution in [2.45, 2.75) is 45.4 Å². The van der Waals surface area contributed by atoms with E-state index in [1.165, 1.54) is 13.8 Å². The van der Waals surface area contributed by atoms with Crippen LogP contribution in [-0.4, -0.2) is 41.9 Å². The molecule has 6 nitrogen and oxygen atoms in total. The van der Waals surface area contributed by atoms with Gasteiger partial charge < -0.3 is 10.4 Å². The third kappa shape index (κ3) is 5.48. The van der Waals surface area contributed by atoms with Gasteiger partial charge >= 0.3 is 5.97 Å². The molecule has 7 heteroatoms. The molecule has 1 amide bonds. The number of aliphatic carboxylic acids is 1. The second-order valence-corrected chi connectivity index (χ2v) is 7.73. The van der Waals surface area contributed by atoms with Gasteiger partial charge in [-0.1, -0.05) is 13.8 Å². The van der Waals surface area contributed by atoms with Crippen LogP contribution >= 0.6 is 0 Å². The second-order valence-electron chi connectivity index (χ2n) is 5.61. The highest BCUT2D eigenvalue weighted by Gasteiger charge is 2.37. The van der Waals surface area contributed by atoms with Gasteiger partial charge in [-0.3, -0.25) is 9.59 Å². The molecule has 0 aromatic heterocycles. The fourth-order valence-electron chi connectivity index (χ4n) is 1.58. The molecule has 0 saturated heterocycles. The average Bonchev–Trinajstić information content (AvgIpc) is 1.93. The summed E-state index contributed by atoms with van der Waals surface area (Å²) < 4.78 is 23.7. The molecule has 0 heterocycles. The Hall–Kier alpha value is -1.11. The molecule has 0 aliphatic heterocycles. The molecular formula is C11H21NO5S. The maximum absolute atomic E-state index is 11.9. The highest BCUT2D eigenvalue weighted by Crippen LogP contribution is 2.14. The largest absolute Gasteiger partial charge is 0.480 e. The van der Waals surface area contributed by atoms with Crippen molar-refractivity contribution in [3.63, 3.8) is 0 Å². The van der Waals surface area contributed by atoms with Gasteiger partial charge in [-0.2, -0.15) is 0 Å². The molecule has 0 bridgehead atoms. The first-order chi connectivity index (χ1) is 7.87. The summed E-state index contributed by atoms with van der Waals surface area (Å²) in [6.45, 7) is 8.15. The van der Waals surface area contributed by atoms with Gasteiger partial charge in [-0.05, 0) is 26.7 Å². The number of carbonyl (C=O) groups excluding carboxylic acids is 1. The van der Waals surface area contributed by atoms with Crippen molar-refractivity contribution in [1.29, 1.82) is 0 Å². The molecule has 18 heavy (non-hydrogen) atoms. The van der Waals surface area contributed by atoms with Crippen molar-refractivity contribution in [3.8, 4) is 0 Å². The molecule has 0 radical (unpaired) electrons. The minimum Gasteiger partial charge on any atom is -0.480 e. The van der Waals surface area contributed by atoms with E-state index in [0.717, 1.165) is 0 Å². The average molecular weight is 279 g/mol. The minimum atomic E-state index is -4.00. The Bertz CT molecular complexity index is 419. The van der Waals surface area contributed by atoms with Gasteiger partial charge in [0.05, 0.1) is 0 Å². The predicted molar refractivity (Wildman–Crippen MR) is 67.9 cm³/mol. The van der Waals surface area contributed by atoms with E-state index in [0.29, 0.717) is 0 Å². The third-order valence-electron chi connectivity index (χ3n) is 2.08. The number of carbonyl (C=O) groups is 2. The van der Waals surface area contributed by atoms with E-state index >= 15 is 0 Å². The van der Waals surface area contributed by atoms with Gasteiger partial charge in [0.2, 0.25) is 5.91 Å². The summed E-state index contributed by atoms with van der Waals surface area (Å²) in [4.78, 5) is 22.5. The Balaban J connectivity index is 4.96. The number of sulfone groups is 1. The summed E-state index contributed by atoms with van der Waals surface area (Å²) in [5.41, 5.74) is -0.552. The number of rotatable bonds is 5. The maximum atomic E-state index is 11.9. The summed E-state index contributed by atoms with van der Waals surface area (Å²) in [5, 5.41) is 9.86. The maximum Gasteiger partial charge on any atom is 0.322 e.